The van der Waals surface area contributed by atoms with Crippen LogP contribution < -0.4 is 10.1 Å². The Morgan fingerprint density at radius 3 is 2.64 bits per heavy atom. The van der Waals surface area contributed by atoms with E-state index in [4.69, 9.17) is 4.74 Å². The summed E-state index contributed by atoms with van der Waals surface area (Å²) in [6.45, 7) is 4.34. The largest absolute Gasteiger partial charge is 0.497 e. The Bertz CT molecular complexity index is 918. The van der Waals surface area contributed by atoms with Gasteiger partial charge in [-0.1, -0.05) is 12.1 Å². The number of piperidine rings is 1. The molecule has 0 saturated carbocycles. The molecular formula is C19H26N4O4S. The molecule has 2 N–H and O–H groups in total. The summed E-state index contributed by atoms with van der Waals surface area (Å²) >= 11 is 0. The number of methoxy groups -OCH3 is 1. The first-order valence-corrected chi connectivity index (χ1v) is 10.7. The van der Waals surface area contributed by atoms with E-state index in [0.717, 1.165) is 11.3 Å². The molecule has 0 unspecified atom stereocenters. The average Bonchev–Trinajstić information content (AvgIpc) is 3.05. The predicted octanol–water partition coefficient (Wildman–Crippen LogP) is 1.75. The highest BCUT2D eigenvalue weighted by Gasteiger charge is 2.35. The standard InChI is InChI=1S/C19H26N4O4S/c1-13-18(14(2)22-21-13)28(25,26)23-10-4-5-16(12-23)19(24)20-11-15-6-8-17(27-3)9-7-15/h6-9,16H,4-5,10-12H2,1-3H3,(H,20,24)(H,21,22)/t16-/m0/s1. The molecule has 0 radical (unpaired) electrons. The van der Waals surface area contributed by atoms with Crippen LogP contribution in [0.25, 0.3) is 0 Å². The van der Waals surface area contributed by atoms with Gasteiger partial charge in [0.05, 0.1) is 24.4 Å². The highest BCUT2D eigenvalue weighted by molar-refractivity contribution is 7.89. The highest BCUT2D eigenvalue weighted by atomic mass is 32.2. The molecule has 1 saturated heterocycles. The normalized spacial score (nSPS) is 18.0. The number of carbonyl (C=O) groups excluding carboxylic acids is 1. The van der Waals surface area contributed by atoms with E-state index in [2.05, 4.69) is 15.5 Å². The van der Waals surface area contributed by atoms with Gasteiger partial charge in [-0.25, -0.2) is 8.42 Å². The van der Waals surface area contributed by atoms with Crippen molar-refractivity contribution in [2.24, 2.45) is 5.92 Å². The number of aryl methyl sites for hydroxylation is 2. The third-order valence-corrected chi connectivity index (χ3v) is 7.17. The summed E-state index contributed by atoms with van der Waals surface area (Å²) in [4.78, 5) is 12.8. The number of aromatic nitrogens is 2. The van der Waals surface area contributed by atoms with Crippen LogP contribution in [-0.4, -0.2) is 49.0 Å². The molecule has 1 amide bonds. The van der Waals surface area contributed by atoms with Crippen LogP contribution in [0.15, 0.2) is 29.2 Å². The van der Waals surface area contributed by atoms with Crippen molar-refractivity contribution >= 4 is 15.9 Å². The lowest BCUT2D eigenvalue weighted by Crippen LogP contribution is -2.45. The van der Waals surface area contributed by atoms with Crippen molar-refractivity contribution in [1.82, 2.24) is 19.8 Å². The molecule has 0 spiro atoms. The highest BCUT2D eigenvalue weighted by Crippen LogP contribution is 2.27. The average molecular weight is 407 g/mol. The van der Waals surface area contributed by atoms with Gasteiger partial charge in [0.1, 0.15) is 10.6 Å². The number of nitrogens with zero attached hydrogens (tertiary/aromatic N) is 2. The quantitative estimate of drug-likeness (QED) is 0.761. The molecule has 3 rings (SSSR count). The lowest BCUT2D eigenvalue weighted by molar-refractivity contribution is -0.126. The number of rotatable bonds is 6. The van der Waals surface area contributed by atoms with E-state index in [1.165, 1.54) is 4.31 Å². The lowest BCUT2D eigenvalue weighted by Gasteiger charge is -2.31. The fraction of sp³-hybridized carbons (Fsp3) is 0.474. The zero-order valence-corrected chi connectivity index (χ0v) is 17.2. The third kappa shape index (κ3) is 4.20. The third-order valence-electron chi connectivity index (χ3n) is 5.04. The number of H-pyrrole nitrogens is 1. The first-order chi connectivity index (χ1) is 13.3. The van der Waals surface area contributed by atoms with Gasteiger partial charge in [0.15, 0.2) is 0 Å². The topological polar surface area (TPSA) is 104 Å². The lowest BCUT2D eigenvalue weighted by atomic mass is 9.99. The first kappa shape index (κ1) is 20.3. The fourth-order valence-corrected chi connectivity index (χ4v) is 5.36. The Kier molecular flexibility index (Phi) is 6.04. The van der Waals surface area contributed by atoms with Gasteiger partial charge >= 0.3 is 0 Å². The van der Waals surface area contributed by atoms with E-state index in [-0.39, 0.29) is 23.3 Å². The van der Waals surface area contributed by atoms with Crippen molar-refractivity contribution in [3.8, 4) is 5.75 Å². The van der Waals surface area contributed by atoms with E-state index < -0.39 is 10.0 Å². The van der Waals surface area contributed by atoms with Crippen LogP contribution >= 0.6 is 0 Å². The minimum absolute atomic E-state index is 0.128. The molecule has 1 fully saturated rings. The molecule has 2 aromatic rings. The van der Waals surface area contributed by atoms with Gasteiger partial charge in [-0.15, -0.1) is 0 Å². The Morgan fingerprint density at radius 1 is 1.32 bits per heavy atom. The van der Waals surface area contributed by atoms with Crippen LogP contribution in [0.4, 0.5) is 0 Å². The molecule has 0 bridgehead atoms. The van der Waals surface area contributed by atoms with Gasteiger partial charge in [0.25, 0.3) is 0 Å². The van der Waals surface area contributed by atoms with Gasteiger partial charge in [-0.2, -0.15) is 9.40 Å². The van der Waals surface area contributed by atoms with Crippen LogP contribution in [0, 0.1) is 19.8 Å². The number of sulfonamides is 1. The summed E-state index contributed by atoms with van der Waals surface area (Å²) in [5.41, 5.74) is 1.92. The molecular weight excluding hydrogens is 380 g/mol. The molecule has 1 aliphatic rings. The Labute approximate surface area is 165 Å². The van der Waals surface area contributed by atoms with E-state index >= 15 is 0 Å². The maximum Gasteiger partial charge on any atom is 0.246 e. The molecule has 1 aromatic heterocycles. The van der Waals surface area contributed by atoms with Crippen molar-refractivity contribution in [2.45, 2.75) is 38.1 Å². The van der Waals surface area contributed by atoms with Crippen molar-refractivity contribution in [1.29, 1.82) is 0 Å². The van der Waals surface area contributed by atoms with Crippen molar-refractivity contribution in [2.75, 3.05) is 20.2 Å². The minimum atomic E-state index is -3.68. The van der Waals surface area contributed by atoms with Gasteiger partial charge in [-0.05, 0) is 44.4 Å². The molecule has 28 heavy (non-hydrogen) atoms. The van der Waals surface area contributed by atoms with Gasteiger partial charge in [0, 0.05) is 19.6 Å². The van der Waals surface area contributed by atoms with Crippen LogP contribution in [0.5, 0.6) is 5.75 Å². The second-order valence-electron chi connectivity index (χ2n) is 7.03. The molecule has 0 aliphatic carbocycles. The van der Waals surface area contributed by atoms with Crippen molar-refractivity contribution < 1.29 is 17.9 Å². The number of benzene rings is 1. The number of hydrogen-bond donors (Lipinski definition) is 2. The monoisotopic (exact) mass is 406 g/mol. The maximum absolute atomic E-state index is 13.0. The van der Waals surface area contributed by atoms with Crippen LogP contribution in [0.1, 0.15) is 29.8 Å². The summed E-state index contributed by atoms with van der Waals surface area (Å²) in [6.07, 6.45) is 1.32. The molecule has 9 heteroatoms. The molecule has 1 aromatic carbocycles. The summed E-state index contributed by atoms with van der Waals surface area (Å²) in [5.74, 6) is 0.263. The first-order valence-electron chi connectivity index (χ1n) is 9.25. The number of carbonyl (C=O) groups is 1. The second kappa shape index (κ2) is 8.32. The SMILES string of the molecule is COc1ccc(CNC(=O)[C@H]2CCCN(S(=O)(=O)c3c(C)n[nH]c3C)C2)cc1. The van der Waals surface area contributed by atoms with Crippen molar-refractivity contribution in [3.63, 3.8) is 0 Å². The summed E-state index contributed by atoms with van der Waals surface area (Å²) in [6, 6.07) is 7.46. The zero-order valence-electron chi connectivity index (χ0n) is 16.4. The van der Waals surface area contributed by atoms with Crippen LogP contribution in [0.2, 0.25) is 0 Å². The molecule has 2 heterocycles. The smallest absolute Gasteiger partial charge is 0.246 e. The summed E-state index contributed by atoms with van der Waals surface area (Å²) < 4.78 is 32.6. The zero-order chi connectivity index (χ0) is 20.3. The van der Waals surface area contributed by atoms with Crippen LogP contribution in [-0.2, 0) is 21.4 Å². The number of aromatic amines is 1. The van der Waals surface area contributed by atoms with Gasteiger partial charge < -0.3 is 10.1 Å². The Balaban J connectivity index is 1.64. The van der Waals surface area contributed by atoms with Gasteiger partial charge in [-0.3, -0.25) is 9.89 Å². The summed E-state index contributed by atoms with van der Waals surface area (Å²) in [7, 11) is -2.07. The number of hydrogen-bond acceptors (Lipinski definition) is 5. The van der Waals surface area contributed by atoms with E-state index in [1.54, 1.807) is 21.0 Å². The number of nitrogens with one attached hydrogen (secondary N) is 2. The van der Waals surface area contributed by atoms with E-state index in [0.29, 0.717) is 37.3 Å². The molecule has 1 atom stereocenters. The maximum atomic E-state index is 13.0. The molecule has 8 nitrogen and oxygen atoms in total. The summed E-state index contributed by atoms with van der Waals surface area (Å²) in [5, 5.41) is 9.62. The van der Waals surface area contributed by atoms with Gasteiger partial charge in [0.2, 0.25) is 15.9 Å². The van der Waals surface area contributed by atoms with Crippen LogP contribution in [0.3, 0.4) is 0 Å². The molecule has 1 aliphatic heterocycles. The Morgan fingerprint density at radius 2 is 2.04 bits per heavy atom. The second-order valence-corrected chi connectivity index (χ2v) is 8.91. The minimum Gasteiger partial charge on any atom is -0.497 e. The molecule has 152 valence electrons. The van der Waals surface area contributed by atoms with E-state index in [9.17, 15) is 13.2 Å². The number of amides is 1. The fourth-order valence-electron chi connectivity index (χ4n) is 3.50. The predicted molar refractivity (Wildman–Crippen MR) is 104 cm³/mol. The number of ether oxygens (including phenoxy) is 1. The van der Waals surface area contributed by atoms with E-state index in [1.807, 2.05) is 24.3 Å². The Hall–Kier alpha value is -2.39. The van der Waals surface area contributed by atoms with Crippen molar-refractivity contribution in [3.05, 3.63) is 41.2 Å².